The van der Waals surface area contributed by atoms with Gasteiger partial charge in [-0.25, -0.2) is 4.98 Å². The second-order valence-corrected chi connectivity index (χ2v) is 8.27. The molecule has 0 spiro atoms. The number of aromatic nitrogens is 3. The van der Waals surface area contributed by atoms with Crippen LogP contribution in [0.15, 0.2) is 41.1 Å². The highest BCUT2D eigenvalue weighted by Crippen LogP contribution is 2.30. The van der Waals surface area contributed by atoms with Crippen molar-refractivity contribution in [3.8, 4) is 28.7 Å². The van der Waals surface area contributed by atoms with Crippen LogP contribution in [-0.2, 0) is 4.79 Å². The number of carbonyl (C=O) groups is 1. The Bertz CT molecular complexity index is 1070. The Hall–Kier alpha value is -3.13. The van der Waals surface area contributed by atoms with Crippen molar-refractivity contribution in [2.24, 2.45) is 5.92 Å². The molecule has 0 amide bonds. The molecule has 1 saturated carbocycles. The van der Waals surface area contributed by atoms with Gasteiger partial charge in [0.05, 0.1) is 12.0 Å². The number of ether oxygens (including phenoxy) is 1. The molecule has 1 aliphatic carbocycles. The lowest BCUT2D eigenvalue weighted by atomic mass is 10.1. The standard InChI is InChI=1S/C22H23ClN4O4/c1-12(2)30-21-18(23)10-15(11-24-21)19-26-20(31-27-19)13-3-6-16(7-4-13)25-17-8-5-14(9-17)22(28)29/h3-4,6-7,10-12,14,17,25H,5,8-9H2,1-2H3,(H,28,29). The molecule has 9 heteroatoms. The zero-order valence-corrected chi connectivity index (χ0v) is 18.0. The van der Waals surface area contributed by atoms with E-state index in [2.05, 4.69) is 20.4 Å². The minimum absolute atomic E-state index is 0.0302. The maximum Gasteiger partial charge on any atom is 0.306 e. The average molecular weight is 443 g/mol. The Balaban J connectivity index is 1.43. The van der Waals surface area contributed by atoms with Gasteiger partial charge in [0.2, 0.25) is 11.7 Å². The monoisotopic (exact) mass is 442 g/mol. The molecule has 0 radical (unpaired) electrons. The number of aliphatic carboxylic acids is 1. The number of nitrogens with zero attached hydrogens (tertiary/aromatic N) is 3. The van der Waals surface area contributed by atoms with Gasteiger partial charge in [-0.3, -0.25) is 4.79 Å². The maximum atomic E-state index is 11.1. The number of hydrogen-bond acceptors (Lipinski definition) is 7. The van der Waals surface area contributed by atoms with Crippen molar-refractivity contribution in [2.45, 2.75) is 45.3 Å². The molecular formula is C22H23ClN4O4. The molecule has 2 aromatic heterocycles. The lowest BCUT2D eigenvalue weighted by molar-refractivity contribution is -0.141. The summed E-state index contributed by atoms with van der Waals surface area (Å²) in [5, 5.41) is 16.9. The number of benzene rings is 1. The van der Waals surface area contributed by atoms with E-state index in [-0.39, 0.29) is 18.1 Å². The summed E-state index contributed by atoms with van der Waals surface area (Å²) in [7, 11) is 0. The van der Waals surface area contributed by atoms with Gasteiger partial charge in [-0.2, -0.15) is 4.98 Å². The molecule has 2 atom stereocenters. The first-order valence-electron chi connectivity index (χ1n) is 10.1. The van der Waals surface area contributed by atoms with E-state index in [0.717, 1.165) is 17.7 Å². The van der Waals surface area contributed by atoms with Gasteiger partial charge in [-0.1, -0.05) is 16.8 Å². The van der Waals surface area contributed by atoms with Crippen LogP contribution in [0.25, 0.3) is 22.8 Å². The second-order valence-electron chi connectivity index (χ2n) is 7.87. The molecule has 1 aliphatic rings. The van der Waals surface area contributed by atoms with E-state index in [1.165, 1.54) is 0 Å². The summed E-state index contributed by atoms with van der Waals surface area (Å²) in [6.07, 6.45) is 3.76. The third-order valence-electron chi connectivity index (χ3n) is 5.12. The highest BCUT2D eigenvalue weighted by Gasteiger charge is 2.29. The topological polar surface area (TPSA) is 110 Å². The van der Waals surface area contributed by atoms with Gasteiger partial charge in [0.25, 0.3) is 5.89 Å². The van der Waals surface area contributed by atoms with Crippen LogP contribution in [0.1, 0.15) is 33.1 Å². The predicted octanol–water partition coefficient (Wildman–Crippen LogP) is 4.90. The summed E-state index contributed by atoms with van der Waals surface area (Å²) in [5.41, 5.74) is 2.33. The molecule has 0 bridgehead atoms. The summed E-state index contributed by atoms with van der Waals surface area (Å²) in [4.78, 5) is 19.8. The van der Waals surface area contributed by atoms with E-state index in [4.69, 9.17) is 26.0 Å². The van der Waals surface area contributed by atoms with Crippen LogP contribution in [0.3, 0.4) is 0 Å². The van der Waals surface area contributed by atoms with Gasteiger partial charge < -0.3 is 19.7 Å². The van der Waals surface area contributed by atoms with Crippen LogP contribution < -0.4 is 10.1 Å². The number of carboxylic acid groups (broad SMARTS) is 1. The fraction of sp³-hybridized carbons (Fsp3) is 0.364. The summed E-state index contributed by atoms with van der Waals surface area (Å²) >= 11 is 6.25. The lowest BCUT2D eigenvalue weighted by Gasteiger charge is -2.14. The number of nitrogens with one attached hydrogen (secondary N) is 1. The summed E-state index contributed by atoms with van der Waals surface area (Å²) in [5.74, 6) is 0.150. The molecule has 8 nitrogen and oxygen atoms in total. The summed E-state index contributed by atoms with van der Waals surface area (Å²) in [6, 6.07) is 9.47. The SMILES string of the molecule is CC(C)Oc1ncc(-c2noc(-c3ccc(NC4CCC(C(=O)O)C4)cc3)n2)cc1Cl. The first-order valence-corrected chi connectivity index (χ1v) is 10.5. The molecular weight excluding hydrogens is 420 g/mol. The Morgan fingerprint density at radius 1 is 1.26 bits per heavy atom. The van der Waals surface area contributed by atoms with Crippen molar-refractivity contribution in [2.75, 3.05) is 5.32 Å². The molecule has 4 rings (SSSR count). The zero-order valence-electron chi connectivity index (χ0n) is 17.2. The quantitative estimate of drug-likeness (QED) is 0.531. The number of hydrogen-bond donors (Lipinski definition) is 2. The summed E-state index contributed by atoms with van der Waals surface area (Å²) < 4.78 is 10.9. The third-order valence-corrected chi connectivity index (χ3v) is 5.39. The molecule has 0 aliphatic heterocycles. The van der Waals surface area contributed by atoms with Crippen LogP contribution in [0.5, 0.6) is 5.88 Å². The number of pyridine rings is 1. The number of rotatable bonds is 7. The van der Waals surface area contributed by atoms with Crippen molar-refractivity contribution < 1.29 is 19.2 Å². The molecule has 162 valence electrons. The highest BCUT2D eigenvalue weighted by atomic mass is 35.5. The zero-order chi connectivity index (χ0) is 22.0. The van der Waals surface area contributed by atoms with Crippen molar-refractivity contribution in [1.82, 2.24) is 15.1 Å². The molecule has 3 aromatic rings. The van der Waals surface area contributed by atoms with E-state index in [1.807, 2.05) is 38.1 Å². The smallest absolute Gasteiger partial charge is 0.306 e. The molecule has 0 saturated heterocycles. The first kappa shape index (κ1) is 21.1. The largest absolute Gasteiger partial charge is 0.481 e. The van der Waals surface area contributed by atoms with Crippen molar-refractivity contribution in [3.05, 3.63) is 41.6 Å². The van der Waals surface area contributed by atoms with Crippen LogP contribution >= 0.6 is 11.6 Å². The van der Waals surface area contributed by atoms with E-state index in [1.54, 1.807) is 12.3 Å². The molecule has 2 heterocycles. The predicted molar refractivity (Wildman–Crippen MR) is 116 cm³/mol. The van der Waals surface area contributed by atoms with Crippen LogP contribution in [0, 0.1) is 5.92 Å². The molecule has 2 N–H and O–H groups in total. The Kier molecular flexibility index (Phi) is 6.08. The normalized spacial score (nSPS) is 18.3. The molecule has 2 unspecified atom stereocenters. The minimum atomic E-state index is -0.717. The van der Waals surface area contributed by atoms with Crippen LogP contribution in [0.2, 0.25) is 5.02 Å². The average Bonchev–Trinajstić information content (AvgIpc) is 3.40. The van der Waals surface area contributed by atoms with Gasteiger partial charge in [-0.15, -0.1) is 0 Å². The fourth-order valence-electron chi connectivity index (χ4n) is 3.60. The van der Waals surface area contributed by atoms with Gasteiger partial charge >= 0.3 is 5.97 Å². The van der Waals surface area contributed by atoms with Crippen LogP contribution in [-0.4, -0.2) is 38.3 Å². The van der Waals surface area contributed by atoms with Crippen molar-refractivity contribution in [3.63, 3.8) is 0 Å². The second kappa shape index (κ2) is 8.93. The van der Waals surface area contributed by atoms with E-state index in [0.29, 0.717) is 41.0 Å². The lowest BCUT2D eigenvalue weighted by Crippen LogP contribution is -2.17. The van der Waals surface area contributed by atoms with Gasteiger partial charge in [0.15, 0.2) is 0 Å². The molecule has 1 fully saturated rings. The summed E-state index contributed by atoms with van der Waals surface area (Å²) in [6.45, 7) is 3.80. The van der Waals surface area contributed by atoms with Crippen LogP contribution in [0.4, 0.5) is 5.69 Å². The third kappa shape index (κ3) is 4.96. The Labute approximate surface area is 184 Å². The van der Waals surface area contributed by atoms with Gasteiger partial charge in [-0.05, 0) is 63.4 Å². The first-order chi connectivity index (χ1) is 14.9. The molecule has 1 aromatic carbocycles. The number of halogens is 1. The van der Waals surface area contributed by atoms with Gasteiger partial charge in [0.1, 0.15) is 5.02 Å². The fourth-order valence-corrected chi connectivity index (χ4v) is 3.81. The number of anilines is 1. The number of carboxylic acids is 1. The molecule has 31 heavy (non-hydrogen) atoms. The highest BCUT2D eigenvalue weighted by molar-refractivity contribution is 6.32. The Morgan fingerprint density at radius 3 is 2.68 bits per heavy atom. The Morgan fingerprint density at radius 2 is 2.03 bits per heavy atom. The minimum Gasteiger partial charge on any atom is -0.481 e. The maximum absolute atomic E-state index is 11.1. The van der Waals surface area contributed by atoms with E-state index < -0.39 is 5.97 Å². The van der Waals surface area contributed by atoms with Crippen molar-refractivity contribution >= 4 is 23.3 Å². The van der Waals surface area contributed by atoms with E-state index >= 15 is 0 Å². The van der Waals surface area contributed by atoms with E-state index in [9.17, 15) is 4.79 Å². The van der Waals surface area contributed by atoms with Gasteiger partial charge in [0, 0.05) is 29.1 Å². The van der Waals surface area contributed by atoms with Crippen molar-refractivity contribution in [1.29, 1.82) is 0 Å².